The van der Waals surface area contributed by atoms with Crippen LogP contribution in [0.5, 0.6) is 0 Å². The molecule has 0 N–H and O–H groups in total. The maximum Gasteiger partial charge on any atom is 0.338 e. The summed E-state index contributed by atoms with van der Waals surface area (Å²) in [5.41, 5.74) is 11.9. The fraction of sp³-hybridized carbons (Fsp3) is 0.212. The number of carbonyl (C=O) groups is 2. The van der Waals surface area contributed by atoms with Crippen LogP contribution in [0.4, 0.5) is 0 Å². The maximum absolute atomic E-state index is 13.0. The third kappa shape index (κ3) is 9.60. The van der Waals surface area contributed by atoms with Crippen LogP contribution in [0.1, 0.15) is 38.3 Å². The minimum Gasteiger partial charge on any atom is -0.458 e. The van der Waals surface area contributed by atoms with E-state index in [0.29, 0.717) is 11.1 Å². The molecule has 0 heterocycles. The molecule has 9 heteroatoms. The molecule has 0 saturated carbocycles. The zero-order chi connectivity index (χ0) is 29.4. The normalized spacial score (nSPS) is 12.1. The molecule has 0 amide bonds. The molecule has 4 aromatic carbocycles. The molecule has 0 unspecified atom stereocenters. The predicted octanol–water partition coefficient (Wildman–Crippen LogP) is 6.90. The van der Waals surface area contributed by atoms with E-state index >= 15 is 0 Å². The van der Waals surface area contributed by atoms with Gasteiger partial charge in [0.15, 0.2) is 6.29 Å². The van der Waals surface area contributed by atoms with Crippen LogP contribution in [0.2, 0.25) is 0 Å². The molecule has 0 aliphatic carbocycles. The highest BCUT2D eigenvalue weighted by Crippen LogP contribution is 2.20. The first-order valence-electron chi connectivity index (χ1n) is 13.5. The Kier molecular flexibility index (Phi) is 11.7. The van der Waals surface area contributed by atoms with Gasteiger partial charge in [0.05, 0.1) is 30.4 Å². The van der Waals surface area contributed by atoms with Crippen molar-refractivity contribution in [3.05, 3.63) is 154 Å². The summed E-state index contributed by atoms with van der Waals surface area (Å²) in [5, 5.41) is 3.92. The van der Waals surface area contributed by atoms with Gasteiger partial charge in [-0.25, -0.2) is 9.59 Å². The highest BCUT2D eigenvalue weighted by atomic mass is 16.7. The second-order valence-corrected chi connectivity index (χ2v) is 9.30. The third-order valence-corrected chi connectivity index (χ3v) is 6.28. The fourth-order valence-electron chi connectivity index (χ4n) is 4.07. The third-order valence-electron chi connectivity index (χ3n) is 6.28. The highest BCUT2D eigenvalue weighted by Gasteiger charge is 2.30. The van der Waals surface area contributed by atoms with Gasteiger partial charge in [-0.05, 0) is 40.9 Å². The number of hydrogen-bond acceptors (Lipinski definition) is 7. The van der Waals surface area contributed by atoms with Crippen molar-refractivity contribution in [2.45, 2.75) is 38.1 Å². The van der Waals surface area contributed by atoms with Gasteiger partial charge in [0, 0.05) is 11.3 Å². The lowest BCUT2D eigenvalue weighted by atomic mass is 10.1. The molecule has 214 valence electrons. The van der Waals surface area contributed by atoms with Gasteiger partial charge in [0.1, 0.15) is 12.7 Å². The Morgan fingerprint density at radius 1 is 0.667 bits per heavy atom. The van der Waals surface area contributed by atoms with E-state index in [1.165, 1.54) is 0 Å². The summed E-state index contributed by atoms with van der Waals surface area (Å²) in [6, 6.07) is 35.0. The smallest absolute Gasteiger partial charge is 0.338 e. The van der Waals surface area contributed by atoms with Crippen LogP contribution in [0, 0.1) is 0 Å². The molecule has 0 bridgehead atoms. The van der Waals surface area contributed by atoms with E-state index in [2.05, 4.69) is 10.0 Å². The van der Waals surface area contributed by atoms with Crippen molar-refractivity contribution in [3.63, 3.8) is 0 Å². The average molecular weight is 566 g/mol. The SMILES string of the molecule is [N-]=[N+]=N[C@@H](CC(OCc1ccccc1)OCc1ccccc1)[C@@H](COC(=O)c1ccccc1)OC(=O)c1ccccc1. The minimum absolute atomic E-state index is 0.0271. The molecule has 0 aliphatic rings. The summed E-state index contributed by atoms with van der Waals surface area (Å²) < 4.78 is 23.5. The second kappa shape index (κ2) is 16.3. The molecular formula is C33H31N3O6. The molecule has 4 aromatic rings. The summed E-state index contributed by atoms with van der Waals surface area (Å²) >= 11 is 0. The van der Waals surface area contributed by atoms with Crippen molar-refractivity contribution in [1.29, 1.82) is 0 Å². The van der Waals surface area contributed by atoms with Gasteiger partial charge in [-0.1, -0.05) is 102 Å². The Labute approximate surface area is 244 Å². The van der Waals surface area contributed by atoms with Crippen LogP contribution in [0.3, 0.4) is 0 Å². The number of nitrogens with zero attached hydrogens (tertiary/aromatic N) is 3. The quantitative estimate of drug-likeness (QED) is 0.0508. The summed E-state index contributed by atoms with van der Waals surface area (Å²) in [4.78, 5) is 28.7. The number of carbonyl (C=O) groups excluding carboxylic acids is 2. The molecule has 4 rings (SSSR count). The minimum atomic E-state index is -1.12. The van der Waals surface area contributed by atoms with Crippen LogP contribution in [-0.4, -0.2) is 37.0 Å². The monoisotopic (exact) mass is 565 g/mol. The van der Waals surface area contributed by atoms with Gasteiger partial charge in [-0.2, -0.15) is 0 Å². The van der Waals surface area contributed by atoms with Gasteiger partial charge >= 0.3 is 11.9 Å². The Morgan fingerprint density at radius 2 is 1.12 bits per heavy atom. The Hall–Kier alpha value is -4.95. The van der Waals surface area contributed by atoms with Gasteiger partial charge < -0.3 is 18.9 Å². The largest absolute Gasteiger partial charge is 0.458 e. The summed E-state index contributed by atoms with van der Waals surface area (Å²) in [6.07, 6.45) is -1.94. The molecule has 42 heavy (non-hydrogen) atoms. The molecule has 0 spiro atoms. The van der Waals surface area contributed by atoms with Gasteiger partial charge in [-0.15, -0.1) is 0 Å². The number of esters is 2. The van der Waals surface area contributed by atoms with Crippen LogP contribution in [-0.2, 0) is 32.2 Å². The molecular weight excluding hydrogens is 534 g/mol. The second-order valence-electron chi connectivity index (χ2n) is 9.30. The van der Waals surface area contributed by atoms with E-state index in [4.69, 9.17) is 18.9 Å². The van der Waals surface area contributed by atoms with E-state index in [9.17, 15) is 15.1 Å². The van der Waals surface area contributed by atoms with Crippen molar-refractivity contribution < 1.29 is 28.5 Å². The zero-order valence-electron chi connectivity index (χ0n) is 22.9. The van der Waals surface area contributed by atoms with E-state index < -0.39 is 30.4 Å². The Bertz CT molecular complexity index is 1390. The fourth-order valence-corrected chi connectivity index (χ4v) is 4.07. The first kappa shape index (κ1) is 30.0. The summed E-state index contributed by atoms with van der Waals surface area (Å²) in [5.74, 6) is -1.25. The summed E-state index contributed by atoms with van der Waals surface area (Å²) in [6.45, 7) is 0.127. The molecule has 0 fully saturated rings. The molecule has 0 aromatic heterocycles. The Morgan fingerprint density at radius 3 is 1.60 bits per heavy atom. The van der Waals surface area contributed by atoms with Gasteiger partial charge in [-0.3, -0.25) is 0 Å². The van der Waals surface area contributed by atoms with Crippen molar-refractivity contribution in [1.82, 2.24) is 0 Å². The van der Waals surface area contributed by atoms with Gasteiger partial charge in [0.25, 0.3) is 0 Å². The van der Waals surface area contributed by atoms with E-state index in [1.54, 1.807) is 60.7 Å². The van der Waals surface area contributed by atoms with Crippen molar-refractivity contribution in [2.24, 2.45) is 5.11 Å². The van der Waals surface area contributed by atoms with Crippen molar-refractivity contribution in [2.75, 3.05) is 6.61 Å². The first-order valence-corrected chi connectivity index (χ1v) is 13.5. The standard InChI is InChI=1S/C33H31N3O6/c34-36-35-29(21-31(39-22-25-13-5-1-6-14-25)40-23-26-15-7-2-8-16-26)30(42-33(38)28-19-11-4-12-20-28)24-41-32(37)27-17-9-3-10-18-27/h1-20,29-31H,21-24H2/t29-,30+/m0/s1. The zero-order valence-corrected chi connectivity index (χ0v) is 22.9. The van der Waals surface area contributed by atoms with Crippen LogP contribution in [0.25, 0.3) is 10.4 Å². The van der Waals surface area contributed by atoms with E-state index in [0.717, 1.165) is 11.1 Å². The number of hydrogen-bond donors (Lipinski definition) is 0. The van der Waals surface area contributed by atoms with Crippen LogP contribution in [0.15, 0.2) is 126 Å². The van der Waals surface area contributed by atoms with Crippen molar-refractivity contribution in [3.8, 4) is 0 Å². The lowest BCUT2D eigenvalue weighted by molar-refractivity contribution is -0.166. The van der Waals surface area contributed by atoms with Gasteiger partial charge in [0.2, 0.25) is 0 Å². The molecule has 0 aliphatic heterocycles. The highest BCUT2D eigenvalue weighted by molar-refractivity contribution is 5.90. The Balaban J connectivity index is 1.54. The van der Waals surface area contributed by atoms with Crippen molar-refractivity contribution >= 4 is 11.9 Å². The molecule has 2 atom stereocenters. The van der Waals surface area contributed by atoms with Crippen LogP contribution >= 0.6 is 0 Å². The number of ether oxygens (including phenoxy) is 4. The lowest BCUT2D eigenvalue weighted by Gasteiger charge is -2.27. The molecule has 9 nitrogen and oxygen atoms in total. The topological polar surface area (TPSA) is 120 Å². The number of benzene rings is 4. The molecule has 0 saturated heterocycles. The maximum atomic E-state index is 13.0. The van der Waals surface area contributed by atoms with Crippen LogP contribution < -0.4 is 0 Å². The van der Waals surface area contributed by atoms with E-state index in [-0.39, 0.29) is 26.2 Å². The number of azide groups is 1. The first-order chi connectivity index (χ1) is 20.6. The predicted molar refractivity (Wildman–Crippen MR) is 156 cm³/mol. The molecule has 0 radical (unpaired) electrons. The summed E-state index contributed by atoms with van der Waals surface area (Å²) in [7, 11) is 0. The number of rotatable bonds is 15. The van der Waals surface area contributed by atoms with E-state index in [1.807, 2.05) is 60.7 Å². The lowest BCUT2D eigenvalue weighted by Crippen LogP contribution is -2.38. The average Bonchev–Trinajstić information content (AvgIpc) is 3.05.